The molecule has 1 aliphatic rings. The van der Waals surface area contributed by atoms with E-state index in [4.69, 9.17) is 14.2 Å². The summed E-state index contributed by atoms with van der Waals surface area (Å²) >= 11 is 0. The van der Waals surface area contributed by atoms with Gasteiger partial charge in [0.25, 0.3) is 0 Å². The second-order valence-corrected chi connectivity index (χ2v) is 6.90. The molecule has 3 aromatic carbocycles. The van der Waals surface area contributed by atoms with Crippen molar-refractivity contribution >= 4 is 0 Å². The van der Waals surface area contributed by atoms with E-state index in [0.717, 1.165) is 47.9 Å². The van der Waals surface area contributed by atoms with Crippen LogP contribution in [-0.4, -0.2) is 26.9 Å². The van der Waals surface area contributed by atoms with Gasteiger partial charge in [0.2, 0.25) is 0 Å². The van der Waals surface area contributed by atoms with Crippen LogP contribution < -0.4 is 19.5 Å². The third kappa shape index (κ3) is 3.69. The summed E-state index contributed by atoms with van der Waals surface area (Å²) in [5, 5.41) is 3.51. The molecule has 3 aromatic rings. The fraction of sp³-hybridized carbons (Fsp3) is 0.250. The summed E-state index contributed by atoms with van der Waals surface area (Å²) in [5.74, 6) is 2.39. The fourth-order valence-corrected chi connectivity index (χ4v) is 3.74. The number of para-hydroxylation sites is 2. The maximum absolute atomic E-state index is 6.34. The van der Waals surface area contributed by atoms with Crippen LogP contribution in [0.25, 0.3) is 11.1 Å². The number of hydrogen-bond donors (Lipinski definition) is 1. The third-order valence-electron chi connectivity index (χ3n) is 5.07. The van der Waals surface area contributed by atoms with Gasteiger partial charge in [0.05, 0.1) is 14.2 Å². The maximum Gasteiger partial charge on any atom is 0.168 e. The number of ether oxygens (including phenoxy) is 3. The molecular formula is C24H25NO3. The van der Waals surface area contributed by atoms with Crippen LogP contribution >= 0.6 is 0 Å². The van der Waals surface area contributed by atoms with E-state index in [0.29, 0.717) is 0 Å². The molecule has 0 aromatic heterocycles. The lowest BCUT2D eigenvalue weighted by atomic mass is 9.99. The van der Waals surface area contributed by atoms with Crippen LogP contribution in [0.4, 0.5) is 0 Å². The molecule has 0 saturated heterocycles. The molecule has 1 aliphatic heterocycles. The number of nitrogens with one attached hydrogen (secondary N) is 1. The molecular weight excluding hydrogens is 350 g/mol. The van der Waals surface area contributed by atoms with Crippen molar-refractivity contribution < 1.29 is 14.2 Å². The van der Waals surface area contributed by atoms with E-state index in [1.165, 1.54) is 11.1 Å². The van der Waals surface area contributed by atoms with Crippen molar-refractivity contribution in [3.63, 3.8) is 0 Å². The van der Waals surface area contributed by atoms with E-state index in [1.54, 1.807) is 14.2 Å². The Labute approximate surface area is 166 Å². The summed E-state index contributed by atoms with van der Waals surface area (Å²) < 4.78 is 17.4. The van der Waals surface area contributed by atoms with Crippen molar-refractivity contribution in [3.05, 3.63) is 77.9 Å². The third-order valence-corrected chi connectivity index (χ3v) is 5.07. The lowest BCUT2D eigenvalue weighted by Gasteiger charge is -2.16. The first-order valence-corrected chi connectivity index (χ1v) is 9.54. The quantitative estimate of drug-likeness (QED) is 0.662. The summed E-state index contributed by atoms with van der Waals surface area (Å²) in [6.07, 6.45) is 1.02. The Morgan fingerprint density at radius 1 is 0.893 bits per heavy atom. The van der Waals surface area contributed by atoms with Crippen LogP contribution in [0, 0.1) is 0 Å². The molecule has 0 fully saturated rings. The Kier molecular flexibility index (Phi) is 5.49. The number of fused-ring (bicyclic) bond motifs is 1. The molecule has 28 heavy (non-hydrogen) atoms. The van der Waals surface area contributed by atoms with E-state index < -0.39 is 0 Å². The van der Waals surface area contributed by atoms with Gasteiger partial charge < -0.3 is 19.5 Å². The lowest BCUT2D eigenvalue weighted by molar-refractivity contribution is 0.228. The average Bonchev–Trinajstić information content (AvgIpc) is 3.16. The van der Waals surface area contributed by atoms with Crippen molar-refractivity contribution in [1.29, 1.82) is 0 Å². The predicted molar refractivity (Wildman–Crippen MR) is 111 cm³/mol. The first kappa shape index (κ1) is 18.4. The van der Waals surface area contributed by atoms with Crippen LogP contribution in [0.1, 0.15) is 11.1 Å². The number of benzene rings is 3. The molecule has 1 N–H and O–H groups in total. The molecule has 4 nitrogen and oxygen atoms in total. The molecule has 144 valence electrons. The van der Waals surface area contributed by atoms with Gasteiger partial charge in [-0.1, -0.05) is 60.7 Å². The van der Waals surface area contributed by atoms with E-state index in [2.05, 4.69) is 47.8 Å². The summed E-state index contributed by atoms with van der Waals surface area (Å²) in [7, 11) is 3.32. The maximum atomic E-state index is 6.34. The van der Waals surface area contributed by atoms with Crippen molar-refractivity contribution in [2.24, 2.45) is 0 Å². The van der Waals surface area contributed by atoms with E-state index >= 15 is 0 Å². The van der Waals surface area contributed by atoms with E-state index in [9.17, 15) is 0 Å². The van der Waals surface area contributed by atoms with Crippen molar-refractivity contribution in [2.75, 3.05) is 20.8 Å². The molecule has 0 spiro atoms. The average molecular weight is 375 g/mol. The highest BCUT2D eigenvalue weighted by Gasteiger charge is 2.27. The Morgan fingerprint density at radius 3 is 2.46 bits per heavy atom. The first-order valence-electron chi connectivity index (χ1n) is 9.54. The highest BCUT2D eigenvalue weighted by Crippen LogP contribution is 2.45. The van der Waals surface area contributed by atoms with Gasteiger partial charge in [-0.2, -0.15) is 0 Å². The summed E-state index contributed by atoms with van der Waals surface area (Å²) in [4.78, 5) is 0. The van der Waals surface area contributed by atoms with E-state index in [1.807, 2.05) is 24.3 Å². The predicted octanol–water partition coefficient (Wildman–Crippen LogP) is 4.46. The number of rotatable bonds is 7. The van der Waals surface area contributed by atoms with Gasteiger partial charge in [-0.05, 0) is 17.2 Å². The van der Waals surface area contributed by atoms with Gasteiger partial charge in [0.15, 0.2) is 11.5 Å². The normalized spacial score (nSPS) is 15.0. The number of hydrogen-bond acceptors (Lipinski definition) is 4. The minimum Gasteiger partial charge on any atom is -0.493 e. The van der Waals surface area contributed by atoms with Gasteiger partial charge in [-0.3, -0.25) is 0 Å². The van der Waals surface area contributed by atoms with E-state index in [-0.39, 0.29) is 6.10 Å². The Balaban J connectivity index is 1.51. The lowest BCUT2D eigenvalue weighted by Crippen LogP contribution is -2.29. The highest BCUT2D eigenvalue weighted by molar-refractivity contribution is 5.80. The molecule has 0 amide bonds. The van der Waals surface area contributed by atoms with Crippen molar-refractivity contribution in [3.8, 4) is 28.4 Å². The minimum atomic E-state index is 0.122. The Hall–Kier alpha value is -2.98. The molecule has 0 radical (unpaired) electrons. The molecule has 1 unspecified atom stereocenters. The van der Waals surface area contributed by atoms with Crippen molar-refractivity contribution in [2.45, 2.75) is 19.1 Å². The fourth-order valence-electron chi connectivity index (χ4n) is 3.74. The zero-order chi connectivity index (χ0) is 19.3. The van der Waals surface area contributed by atoms with Crippen LogP contribution in [-0.2, 0) is 13.0 Å². The minimum absolute atomic E-state index is 0.122. The molecule has 0 saturated carbocycles. The van der Waals surface area contributed by atoms with Crippen LogP contribution in [0.2, 0.25) is 0 Å². The zero-order valence-electron chi connectivity index (χ0n) is 16.3. The smallest absolute Gasteiger partial charge is 0.168 e. The van der Waals surface area contributed by atoms with Gasteiger partial charge in [0.1, 0.15) is 11.9 Å². The highest BCUT2D eigenvalue weighted by atomic mass is 16.5. The molecule has 4 heteroatoms. The molecule has 0 aliphatic carbocycles. The first-order chi connectivity index (χ1) is 13.8. The summed E-state index contributed by atoms with van der Waals surface area (Å²) in [6.45, 7) is 1.64. The van der Waals surface area contributed by atoms with Gasteiger partial charge in [0, 0.05) is 30.6 Å². The molecule has 0 bridgehead atoms. The van der Waals surface area contributed by atoms with Gasteiger partial charge >= 0.3 is 0 Å². The largest absolute Gasteiger partial charge is 0.493 e. The molecule has 4 rings (SSSR count). The molecule has 1 heterocycles. The summed E-state index contributed by atoms with van der Waals surface area (Å²) in [5.41, 5.74) is 4.53. The van der Waals surface area contributed by atoms with Gasteiger partial charge in [-0.25, -0.2) is 0 Å². The second kappa shape index (κ2) is 8.36. The second-order valence-electron chi connectivity index (χ2n) is 6.90. The van der Waals surface area contributed by atoms with Crippen LogP contribution in [0.15, 0.2) is 66.7 Å². The Bertz CT molecular complexity index is 940. The standard InChI is InChI=1S/C24H25NO3/c1-26-22-13-7-12-21(24(22)27-2)20-11-6-10-18-14-19(28-23(18)20)16-25-15-17-8-4-3-5-9-17/h3-13,19,25H,14-16H2,1-2H3. The van der Waals surface area contributed by atoms with Crippen molar-refractivity contribution in [1.82, 2.24) is 5.32 Å². The van der Waals surface area contributed by atoms with Crippen LogP contribution in [0.5, 0.6) is 17.2 Å². The Morgan fingerprint density at radius 2 is 1.68 bits per heavy atom. The monoisotopic (exact) mass is 375 g/mol. The summed E-state index contributed by atoms with van der Waals surface area (Å²) in [6, 6.07) is 22.6. The van der Waals surface area contributed by atoms with Crippen LogP contribution in [0.3, 0.4) is 0 Å². The number of methoxy groups -OCH3 is 2. The zero-order valence-corrected chi connectivity index (χ0v) is 16.3. The SMILES string of the molecule is COc1cccc(-c2cccc3c2OC(CNCc2ccccc2)C3)c1OC. The topological polar surface area (TPSA) is 39.7 Å². The van der Waals surface area contributed by atoms with Gasteiger partial charge in [-0.15, -0.1) is 0 Å². The molecule has 1 atom stereocenters.